The van der Waals surface area contributed by atoms with Crippen LogP contribution in [0.4, 0.5) is 0 Å². The molecule has 6 nitrogen and oxygen atoms in total. The fourth-order valence-electron chi connectivity index (χ4n) is 2.22. The minimum atomic E-state index is -0.324. The molecule has 0 saturated carbocycles. The molecule has 0 unspecified atom stereocenters. The van der Waals surface area contributed by atoms with Crippen molar-refractivity contribution in [3.05, 3.63) is 82.2 Å². The summed E-state index contributed by atoms with van der Waals surface area (Å²) in [5.41, 5.74) is 10.4. The molecule has 0 bridgehead atoms. The molecule has 0 fully saturated rings. The number of rotatable bonds is 9. The van der Waals surface area contributed by atoms with Crippen molar-refractivity contribution in [3.63, 3.8) is 0 Å². The largest absolute Gasteiger partial charge is 0.367 e. The van der Waals surface area contributed by atoms with E-state index in [0.29, 0.717) is 26.1 Å². The van der Waals surface area contributed by atoms with Crippen molar-refractivity contribution >= 4 is 5.97 Å². The van der Waals surface area contributed by atoms with E-state index in [1.807, 2.05) is 60.7 Å². The molecule has 0 aromatic heterocycles. The van der Waals surface area contributed by atoms with E-state index in [-0.39, 0.29) is 12.4 Å². The molecule has 0 spiro atoms. The van der Waals surface area contributed by atoms with Crippen molar-refractivity contribution in [3.8, 4) is 0 Å². The fourth-order valence-corrected chi connectivity index (χ4v) is 2.22. The Morgan fingerprint density at radius 3 is 2.04 bits per heavy atom. The van der Waals surface area contributed by atoms with Crippen LogP contribution >= 0.6 is 0 Å². The van der Waals surface area contributed by atoms with Gasteiger partial charge in [0.1, 0.15) is 0 Å². The molecular formula is C18H20N4O2. The van der Waals surface area contributed by atoms with Crippen LogP contribution in [0.2, 0.25) is 0 Å². The molecule has 0 N–H and O–H groups in total. The van der Waals surface area contributed by atoms with Crippen LogP contribution in [0.5, 0.6) is 0 Å². The number of hydrogen-bond donors (Lipinski definition) is 0. The van der Waals surface area contributed by atoms with Crippen molar-refractivity contribution in [2.75, 3.05) is 6.54 Å². The monoisotopic (exact) mass is 324 g/mol. The highest BCUT2D eigenvalue weighted by Gasteiger charge is 2.13. The third-order valence-electron chi connectivity index (χ3n) is 3.34. The Hall–Kier alpha value is -2.82. The van der Waals surface area contributed by atoms with Crippen LogP contribution in [0.1, 0.15) is 24.0 Å². The van der Waals surface area contributed by atoms with Gasteiger partial charge in [0.2, 0.25) is 0 Å². The van der Waals surface area contributed by atoms with Gasteiger partial charge in [-0.05, 0) is 23.1 Å². The summed E-state index contributed by atoms with van der Waals surface area (Å²) in [6, 6.07) is 19.7. The second kappa shape index (κ2) is 10.0. The van der Waals surface area contributed by atoms with Gasteiger partial charge in [-0.2, -0.15) is 0 Å². The summed E-state index contributed by atoms with van der Waals surface area (Å²) in [7, 11) is 0. The Kier molecular flexibility index (Phi) is 7.34. The molecule has 0 aliphatic rings. The predicted octanol–water partition coefficient (Wildman–Crippen LogP) is 4.24. The van der Waals surface area contributed by atoms with E-state index in [4.69, 9.17) is 10.4 Å². The highest BCUT2D eigenvalue weighted by molar-refractivity contribution is 5.68. The molecule has 2 aromatic carbocycles. The van der Waals surface area contributed by atoms with Gasteiger partial charge in [-0.3, -0.25) is 4.79 Å². The Morgan fingerprint density at radius 2 is 1.54 bits per heavy atom. The molecule has 0 aliphatic carbocycles. The van der Waals surface area contributed by atoms with Crippen LogP contribution < -0.4 is 0 Å². The lowest BCUT2D eigenvalue weighted by atomic mass is 10.2. The minimum absolute atomic E-state index is 0.221. The van der Waals surface area contributed by atoms with Crippen LogP contribution in [0.25, 0.3) is 10.4 Å². The van der Waals surface area contributed by atoms with Gasteiger partial charge in [0.25, 0.3) is 0 Å². The first-order valence-electron chi connectivity index (χ1n) is 7.82. The van der Waals surface area contributed by atoms with Crippen molar-refractivity contribution in [2.24, 2.45) is 5.11 Å². The van der Waals surface area contributed by atoms with Gasteiger partial charge >= 0.3 is 5.97 Å². The topological polar surface area (TPSA) is 78.3 Å². The number of azide groups is 1. The average molecular weight is 324 g/mol. The number of hydroxylamine groups is 2. The standard InChI is InChI=1S/C18H20N4O2/c19-21-20-13-7-12-18(23)24-22(14-16-8-3-1-4-9-16)15-17-10-5-2-6-11-17/h1-6,8-11H,7,12-15H2. The zero-order valence-corrected chi connectivity index (χ0v) is 13.4. The zero-order valence-electron chi connectivity index (χ0n) is 13.4. The molecular weight excluding hydrogens is 304 g/mol. The van der Waals surface area contributed by atoms with Crippen LogP contribution in [0, 0.1) is 0 Å². The summed E-state index contributed by atoms with van der Waals surface area (Å²) in [5.74, 6) is -0.324. The highest BCUT2D eigenvalue weighted by Crippen LogP contribution is 2.11. The van der Waals surface area contributed by atoms with Gasteiger partial charge in [0, 0.05) is 17.9 Å². The lowest BCUT2D eigenvalue weighted by Crippen LogP contribution is -2.26. The summed E-state index contributed by atoms with van der Waals surface area (Å²) in [4.78, 5) is 20.2. The first-order valence-corrected chi connectivity index (χ1v) is 7.82. The van der Waals surface area contributed by atoms with Crippen molar-refractivity contribution in [1.29, 1.82) is 0 Å². The van der Waals surface area contributed by atoms with E-state index in [1.165, 1.54) is 0 Å². The van der Waals surface area contributed by atoms with Crippen LogP contribution in [-0.4, -0.2) is 17.6 Å². The molecule has 0 amide bonds. The first kappa shape index (κ1) is 17.5. The molecule has 2 aromatic rings. The number of carbonyl (C=O) groups excluding carboxylic acids is 1. The molecule has 6 heteroatoms. The van der Waals surface area contributed by atoms with E-state index in [1.54, 1.807) is 5.06 Å². The zero-order chi connectivity index (χ0) is 17.0. The molecule has 0 radical (unpaired) electrons. The van der Waals surface area contributed by atoms with Crippen molar-refractivity contribution in [2.45, 2.75) is 25.9 Å². The summed E-state index contributed by atoms with van der Waals surface area (Å²) < 4.78 is 0. The van der Waals surface area contributed by atoms with E-state index in [2.05, 4.69) is 10.0 Å². The van der Waals surface area contributed by atoms with Crippen LogP contribution in [0.15, 0.2) is 65.8 Å². The van der Waals surface area contributed by atoms with Gasteiger partial charge in [-0.25, -0.2) is 0 Å². The lowest BCUT2D eigenvalue weighted by molar-refractivity contribution is -0.197. The number of hydrogen-bond acceptors (Lipinski definition) is 4. The van der Waals surface area contributed by atoms with Gasteiger partial charge in [-0.1, -0.05) is 65.8 Å². The first-order chi connectivity index (χ1) is 11.8. The quantitative estimate of drug-likeness (QED) is 0.227. The van der Waals surface area contributed by atoms with Crippen molar-refractivity contribution in [1.82, 2.24) is 5.06 Å². The molecule has 0 saturated heterocycles. The molecule has 124 valence electrons. The Morgan fingerprint density at radius 1 is 1.00 bits per heavy atom. The Labute approximate surface area is 141 Å². The van der Waals surface area contributed by atoms with Crippen LogP contribution in [0.3, 0.4) is 0 Å². The third-order valence-corrected chi connectivity index (χ3v) is 3.34. The van der Waals surface area contributed by atoms with E-state index >= 15 is 0 Å². The Bertz CT molecular complexity index is 628. The van der Waals surface area contributed by atoms with Gasteiger partial charge in [0.05, 0.1) is 13.1 Å². The smallest absolute Gasteiger partial charge is 0.325 e. The van der Waals surface area contributed by atoms with Crippen LogP contribution in [-0.2, 0) is 22.7 Å². The average Bonchev–Trinajstić information content (AvgIpc) is 2.60. The van der Waals surface area contributed by atoms with Gasteiger partial charge in [-0.15, -0.1) is 5.06 Å². The molecule has 0 aliphatic heterocycles. The number of benzene rings is 2. The maximum atomic E-state index is 12.0. The van der Waals surface area contributed by atoms with Gasteiger partial charge < -0.3 is 4.84 Å². The third kappa shape index (κ3) is 6.52. The van der Waals surface area contributed by atoms with E-state index in [0.717, 1.165) is 11.1 Å². The summed E-state index contributed by atoms with van der Waals surface area (Å²) in [5, 5.41) is 5.07. The summed E-state index contributed by atoms with van der Waals surface area (Å²) in [6.45, 7) is 1.32. The molecule has 0 atom stereocenters. The maximum Gasteiger partial charge on any atom is 0.325 e. The molecule has 24 heavy (non-hydrogen) atoms. The SMILES string of the molecule is [N-]=[N+]=NCCCC(=O)ON(Cc1ccccc1)Cc1ccccc1. The Balaban J connectivity index is 1.96. The number of carbonyl (C=O) groups is 1. The second-order valence-electron chi connectivity index (χ2n) is 5.29. The number of nitrogens with zero attached hydrogens (tertiary/aromatic N) is 4. The fraction of sp³-hybridized carbons (Fsp3) is 0.278. The highest BCUT2D eigenvalue weighted by atomic mass is 16.7. The lowest BCUT2D eigenvalue weighted by Gasteiger charge is -2.21. The normalized spacial score (nSPS) is 10.2. The second-order valence-corrected chi connectivity index (χ2v) is 5.29. The summed E-state index contributed by atoms with van der Waals surface area (Å²) >= 11 is 0. The predicted molar refractivity (Wildman–Crippen MR) is 91.5 cm³/mol. The maximum absolute atomic E-state index is 12.0. The summed E-state index contributed by atoms with van der Waals surface area (Å²) in [6.07, 6.45) is 0.701. The van der Waals surface area contributed by atoms with Crippen molar-refractivity contribution < 1.29 is 9.63 Å². The van der Waals surface area contributed by atoms with E-state index < -0.39 is 0 Å². The van der Waals surface area contributed by atoms with Gasteiger partial charge in [0.15, 0.2) is 0 Å². The molecule has 2 rings (SSSR count). The minimum Gasteiger partial charge on any atom is -0.367 e. The van der Waals surface area contributed by atoms with E-state index in [9.17, 15) is 4.79 Å². The molecule has 0 heterocycles.